The van der Waals surface area contributed by atoms with Crippen LogP contribution in [0.2, 0.25) is 0 Å². The number of ether oxygens (including phenoxy) is 1. The lowest BCUT2D eigenvalue weighted by Crippen LogP contribution is -2.16. The van der Waals surface area contributed by atoms with E-state index in [9.17, 15) is 8.42 Å². The minimum atomic E-state index is -3.51. The fourth-order valence-electron chi connectivity index (χ4n) is 1.45. The van der Waals surface area contributed by atoms with Gasteiger partial charge in [-0.1, -0.05) is 13.0 Å². The van der Waals surface area contributed by atoms with Gasteiger partial charge in [0.05, 0.1) is 24.0 Å². The van der Waals surface area contributed by atoms with Crippen molar-refractivity contribution >= 4 is 19.7 Å². The number of rotatable bonds is 5. The third-order valence-electron chi connectivity index (χ3n) is 2.32. The molecular weight excluding hydrogens is 274 g/mol. The number of halogens is 1. The molecule has 0 fully saturated rings. The molecule has 0 aliphatic carbocycles. The summed E-state index contributed by atoms with van der Waals surface area (Å²) in [5.74, 6) is 0.247. The largest absolute Gasteiger partial charge is 0.493 e. The molecule has 6 heteroatoms. The summed E-state index contributed by atoms with van der Waals surface area (Å²) >= 11 is 0. The predicted molar refractivity (Wildman–Crippen MR) is 70.2 cm³/mol. The minimum Gasteiger partial charge on any atom is -0.493 e. The zero-order valence-electron chi connectivity index (χ0n) is 10.2. The molecule has 1 atom stereocenters. The molecule has 0 spiro atoms. The van der Waals surface area contributed by atoms with Gasteiger partial charge in [0.15, 0.2) is 0 Å². The Labute approximate surface area is 112 Å². The second kappa shape index (κ2) is 6.07. The van der Waals surface area contributed by atoms with Crippen molar-refractivity contribution in [2.24, 2.45) is 5.92 Å². The lowest BCUT2D eigenvalue weighted by molar-refractivity contribution is 0.270. The van der Waals surface area contributed by atoms with Crippen molar-refractivity contribution in [1.29, 1.82) is 5.26 Å². The highest BCUT2D eigenvalue weighted by Gasteiger charge is 2.13. The summed E-state index contributed by atoms with van der Waals surface area (Å²) in [6.45, 7) is 3.84. The Morgan fingerprint density at radius 3 is 2.72 bits per heavy atom. The quantitative estimate of drug-likeness (QED) is 0.780. The summed E-state index contributed by atoms with van der Waals surface area (Å²) in [6.07, 6.45) is 0. The van der Waals surface area contributed by atoms with Gasteiger partial charge in [0.2, 0.25) is 9.05 Å². The van der Waals surface area contributed by atoms with Crippen LogP contribution in [0.4, 0.5) is 0 Å². The fourth-order valence-corrected chi connectivity index (χ4v) is 2.87. The number of hydrogen-bond donors (Lipinski definition) is 0. The molecule has 1 aromatic carbocycles. The van der Waals surface area contributed by atoms with E-state index < -0.39 is 9.05 Å². The summed E-state index contributed by atoms with van der Waals surface area (Å²) in [5.41, 5.74) is 1.41. The molecule has 0 saturated carbocycles. The van der Waals surface area contributed by atoms with Crippen LogP contribution in [0.5, 0.6) is 5.75 Å². The van der Waals surface area contributed by atoms with Gasteiger partial charge in [0.25, 0.3) is 0 Å². The molecule has 0 aliphatic rings. The molecule has 0 saturated heterocycles. The van der Waals surface area contributed by atoms with Crippen LogP contribution in [0.1, 0.15) is 18.1 Å². The maximum Gasteiger partial charge on any atom is 0.232 e. The van der Waals surface area contributed by atoms with Crippen molar-refractivity contribution in [2.45, 2.75) is 13.8 Å². The normalized spacial score (nSPS) is 12.8. The lowest BCUT2D eigenvalue weighted by atomic mass is 10.1. The molecule has 1 rings (SSSR count). The van der Waals surface area contributed by atoms with E-state index in [2.05, 4.69) is 0 Å². The highest BCUT2D eigenvalue weighted by Crippen LogP contribution is 2.20. The second-order valence-electron chi connectivity index (χ2n) is 4.21. The van der Waals surface area contributed by atoms with E-state index in [1.807, 2.05) is 13.0 Å². The summed E-state index contributed by atoms with van der Waals surface area (Å²) in [6, 6.07) is 7.15. The zero-order valence-corrected chi connectivity index (χ0v) is 11.8. The van der Waals surface area contributed by atoms with Crippen molar-refractivity contribution in [2.75, 3.05) is 12.4 Å². The van der Waals surface area contributed by atoms with Gasteiger partial charge in [-0.2, -0.15) is 5.26 Å². The monoisotopic (exact) mass is 287 g/mol. The summed E-state index contributed by atoms with van der Waals surface area (Å²) in [4.78, 5) is 0. The SMILES string of the molecule is Cc1ccc(C#N)cc1OCC(C)CS(=O)(=O)Cl. The smallest absolute Gasteiger partial charge is 0.232 e. The molecule has 0 heterocycles. The molecule has 0 radical (unpaired) electrons. The topological polar surface area (TPSA) is 67.2 Å². The van der Waals surface area contributed by atoms with Crippen LogP contribution in [-0.4, -0.2) is 20.8 Å². The average molecular weight is 288 g/mol. The highest BCUT2D eigenvalue weighted by molar-refractivity contribution is 8.13. The predicted octanol–water partition coefficient (Wildman–Crippen LogP) is 2.45. The second-order valence-corrected chi connectivity index (χ2v) is 7.04. The Hall–Kier alpha value is -1.25. The van der Waals surface area contributed by atoms with Gasteiger partial charge in [-0.25, -0.2) is 8.42 Å². The molecule has 98 valence electrons. The molecule has 0 bridgehead atoms. The Bertz CT molecular complexity index is 563. The van der Waals surface area contributed by atoms with Crippen LogP contribution < -0.4 is 4.74 Å². The van der Waals surface area contributed by atoms with E-state index >= 15 is 0 Å². The molecule has 4 nitrogen and oxygen atoms in total. The van der Waals surface area contributed by atoms with Crippen LogP contribution in [-0.2, 0) is 9.05 Å². The molecule has 0 N–H and O–H groups in total. The third kappa shape index (κ3) is 4.94. The van der Waals surface area contributed by atoms with Gasteiger partial charge >= 0.3 is 0 Å². The van der Waals surface area contributed by atoms with Gasteiger partial charge < -0.3 is 4.74 Å². The van der Waals surface area contributed by atoms with E-state index in [0.717, 1.165) is 5.56 Å². The van der Waals surface area contributed by atoms with Crippen LogP contribution >= 0.6 is 10.7 Å². The first kappa shape index (κ1) is 14.8. The molecule has 1 unspecified atom stereocenters. The van der Waals surface area contributed by atoms with Crippen LogP contribution in [0.25, 0.3) is 0 Å². The number of benzene rings is 1. The standard InChI is InChI=1S/C12H14ClNO3S/c1-9(8-18(13,15)16)7-17-12-5-11(6-14)4-3-10(12)2/h3-5,9H,7-8H2,1-2H3. The molecule has 18 heavy (non-hydrogen) atoms. The Morgan fingerprint density at radius 2 is 2.17 bits per heavy atom. The van der Waals surface area contributed by atoms with Gasteiger partial charge in [-0.3, -0.25) is 0 Å². The van der Waals surface area contributed by atoms with Crippen LogP contribution in [0, 0.1) is 24.2 Å². The van der Waals surface area contributed by atoms with Gasteiger partial charge in [0, 0.05) is 16.6 Å². The van der Waals surface area contributed by atoms with E-state index in [1.54, 1.807) is 25.1 Å². The number of nitriles is 1. The van der Waals surface area contributed by atoms with E-state index in [-0.39, 0.29) is 18.3 Å². The summed E-state index contributed by atoms with van der Waals surface area (Å²) in [5, 5.41) is 8.78. The minimum absolute atomic E-state index is 0.133. The van der Waals surface area contributed by atoms with Gasteiger partial charge in [0.1, 0.15) is 5.75 Å². The van der Waals surface area contributed by atoms with Crippen molar-refractivity contribution in [3.8, 4) is 11.8 Å². The van der Waals surface area contributed by atoms with Crippen LogP contribution in [0.15, 0.2) is 18.2 Å². The van der Waals surface area contributed by atoms with E-state index in [0.29, 0.717) is 11.3 Å². The first-order valence-corrected chi connectivity index (χ1v) is 7.85. The number of hydrogen-bond acceptors (Lipinski definition) is 4. The van der Waals surface area contributed by atoms with Gasteiger partial charge in [-0.05, 0) is 24.6 Å². The number of aryl methyl sites for hydroxylation is 1. The Morgan fingerprint density at radius 1 is 1.50 bits per heavy atom. The molecular formula is C12H14ClNO3S. The third-order valence-corrected chi connectivity index (χ3v) is 3.67. The summed E-state index contributed by atoms with van der Waals surface area (Å²) in [7, 11) is 1.65. The molecule has 1 aromatic rings. The van der Waals surface area contributed by atoms with Crippen molar-refractivity contribution in [3.05, 3.63) is 29.3 Å². The average Bonchev–Trinajstić information content (AvgIpc) is 2.25. The fraction of sp³-hybridized carbons (Fsp3) is 0.417. The Balaban J connectivity index is 2.66. The maximum absolute atomic E-state index is 10.9. The van der Waals surface area contributed by atoms with Crippen LogP contribution in [0.3, 0.4) is 0 Å². The first-order chi connectivity index (χ1) is 8.31. The van der Waals surface area contributed by atoms with E-state index in [1.165, 1.54) is 0 Å². The molecule has 0 amide bonds. The summed E-state index contributed by atoms with van der Waals surface area (Å²) < 4.78 is 27.3. The van der Waals surface area contributed by atoms with Crippen molar-refractivity contribution in [1.82, 2.24) is 0 Å². The van der Waals surface area contributed by atoms with Crippen molar-refractivity contribution in [3.63, 3.8) is 0 Å². The van der Waals surface area contributed by atoms with E-state index in [4.69, 9.17) is 20.7 Å². The first-order valence-electron chi connectivity index (χ1n) is 5.37. The highest BCUT2D eigenvalue weighted by atomic mass is 35.7. The zero-order chi connectivity index (χ0) is 13.8. The maximum atomic E-state index is 10.9. The molecule has 0 aromatic heterocycles. The lowest BCUT2D eigenvalue weighted by Gasteiger charge is -2.13. The Kier molecular flexibility index (Phi) is 5.00. The van der Waals surface area contributed by atoms with Gasteiger partial charge in [-0.15, -0.1) is 0 Å². The van der Waals surface area contributed by atoms with Crippen molar-refractivity contribution < 1.29 is 13.2 Å². The number of nitrogens with zero attached hydrogens (tertiary/aromatic N) is 1. The molecule has 0 aliphatic heterocycles.